The summed E-state index contributed by atoms with van der Waals surface area (Å²) in [5.74, 6) is 1.96. The number of nitrogens with zero attached hydrogens (tertiary/aromatic N) is 5. The lowest BCUT2D eigenvalue weighted by atomic mass is 9.80. The van der Waals surface area contributed by atoms with Crippen molar-refractivity contribution < 1.29 is 4.74 Å². The highest BCUT2D eigenvalue weighted by Gasteiger charge is 2.33. The van der Waals surface area contributed by atoms with E-state index in [0.29, 0.717) is 30.4 Å². The van der Waals surface area contributed by atoms with Gasteiger partial charge in [0.25, 0.3) is 0 Å². The maximum absolute atomic E-state index is 6.48. The van der Waals surface area contributed by atoms with Crippen LogP contribution in [0.2, 0.25) is 0 Å². The molecular weight excluding hydrogens is 534 g/mol. The van der Waals surface area contributed by atoms with Crippen molar-refractivity contribution >= 4 is 16.9 Å². The normalized spacial score (nSPS) is 20.6. The topological polar surface area (TPSA) is 94.1 Å². The molecule has 8 nitrogen and oxygen atoms in total. The standard InChI is InChI=1S/C35H39N7O/c36-34-33-30(29-10-4-5-12-32(29)43-22-25-8-2-1-3-9-25)21-42(35(33)40-23-39-34)28-18-26(19-28)20-38-24-41-17-7-6-11-31(41)27-13-15-37-16-14-27/h1-5,8-10,12-16,21,23,26,28,31,38H,6-7,11,17-20,22,24H2,(H2,36,39,40). The van der Waals surface area contributed by atoms with Gasteiger partial charge in [0.2, 0.25) is 0 Å². The van der Waals surface area contributed by atoms with Crippen LogP contribution in [0.15, 0.2) is 91.6 Å². The molecule has 1 aliphatic carbocycles. The summed E-state index contributed by atoms with van der Waals surface area (Å²) in [6, 6.07) is 23.6. The van der Waals surface area contributed by atoms with Gasteiger partial charge in [-0.3, -0.25) is 9.88 Å². The fourth-order valence-corrected chi connectivity index (χ4v) is 6.79. The van der Waals surface area contributed by atoms with Crippen molar-refractivity contribution in [3.63, 3.8) is 0 Å². The average molecular weight is 574 g/mol. The number of nitrogen functional groups attached to an aromatic ring is 1. The van der Waals surface area contributed by atoms with Gasteiger partial charge >= 0.3 is 0 Å². The largest absolute Gasteiger partial charge is 0.488 e. The Kier molecular flexibility index (Phi) is 8.03. The Morgan fingerprint density at radius 2 is 1.72 bits per heavy atom. The first-order chi connectivity index (χ1) is 21.2. The second-order valence-corrected chi connectivity index (χ2v) is 11.9. The summed E-state index contributed by atoms with van der Waals surface area (Å²) in [6.07, 6.45) is 13.6. The lowest BCUT2D eigenvalue weighted by Gasteiger charge is -2.39. The predicted octanol–water partition coefficient (Wildman–Crippen LogP) is 6.38. The number of likely N-dealkylation sites (tertiary alicyclic amines) is 1. The quantitative estimate of drug-likeness (QED) is 0.200. The fraction of sp³-hybridized carbons (Fsp3) is 0.343. The third-order valence-corrected chi connectivity index (χ3v) is 9.11. The van der Waals surface area contributed by atoms with Gasteiger partial charge in [-0.05, 0) is 74.0 Å². The molecule has 220 valence electrons. The van der Waals surface area contributed by atoms with Crippen molar-refractivity contribution in [1.82, 2.24) is 29.7 Å². The van der Waals surface area contributed by atoms with Crippen molar-refractivity contribution in [1.29, 1.82) is 0 Å². The average Bonchev–Trinajstić information content (AvgIpc) is 3.42. The number of pyridine rings is 1. The summed E-state index contributed by atoms with van der Waals surface area (Å²) in [6.45, 7) is 3.59. The molecule has 1 atom stereocenters. The minimum absolute atomic E-state index is 0.384. The van der Waals surface area contributed by atoms with Crippen LogP contribution in [0.25, 0.3) is 22.2 Å². The summed E-state index contributed by atoms with van der Waals surface area (Å²) >= 11 is 0. The first-order valence-electron chi connectivity index (χ1n) is 15.5. The molecule has 0 amide bonds. The first kappa shape index (κ1) is 27.6. The van der Waals surface area contributed by atoms with Crippen LogP contribution in [0, 0.1) is 5.92 Å². The highest BCUT2D eigenvalue weighted by molar-refractivity contribution is 6.01. The number of benzene rings is 2. The summed E-state index contributed by atoms with van der Waals surface area (Å²) in [5, 5.41) is 4.68. The second kappa shape index (κ2) is 12.5. The van der Waals surface area contributed by atoms with Crippen LogP contribution in [0.3, 0.4) is 0 Å². The number of nitrogens with two attached hydrogens (primary N) is 1. The van der Waals surface area contributed by atoms with Gasteiger partial charge in [-0.25, -0.2) is 9.97 Å². The first-order valence-corrected chi connectivity index (χ1v) is 15.5. The highest BCUT2D eigenvalue weighted by Crippen LogP contribution is 2.44. The Hall–Kier alpha value is -4.27. The second-order valence-electron chi connectivity index (χ2n) is 11.9. The molecule has 0 spiro atoms. The number of aromatic nitrogens is 4. The van der Waals surface area contributed by atoms with Crippen LogP contribution in [-0.2, 0) is 6.61 Å². The van der Waals surface area contributed by atoms with E-state index in [1.54, 1.807) is 6.33 Å². The Bertz CT molecular complexity index is 1650. The number of para-hydroxylation sites is 1. The number of anilines is 1. The lowest BCUT2D eigenvalue weighted by Crippen LogP contribution is -2.43. The number of ether oxygens (including phenoxy) is 1. The van der Waals surface area contributed by atoms with Gasteiger partial charge in [0.05, 0.1) is 5.39 Å². The van der Waals surface area contributed by atoms with Gasteiger partial charge in [-0.15, -0.1) is 0 Å². The molecule has 4 heterocycles. The minimum atomic E-state index is 0.384. The van der Waals surface area contributed by atoms with Gasteiger partial charge in [-0.2, -0.15) is 0 Å². The molecule has 2 aromatic carbocycles. The van der Waals surface area contributed by atoms with Gasteiger partial charge in [0, 0.05) is 48.5 Å². The maximum Gasteiger partial charge on any atom is 0.146 e. The summed E-state index contributed by atoms with van der Waals surface area (Å²) in [5.41, 5.74) is 11.9. The predicted molar refractivity (Wildman–Crippen MR) is 170 cm³/mol. The van der Waals surface area contributed by atoms with E-state index in [1.807, 2.05) is 48.8 Å². The number of piperidine rings is 1. The fourth-order valence-electron chi connectivity index (χ4n) is 6.79. The number of hydrogen-bond acceptors (Lipinski definition) is 7. The van der Waals surface area contributed by atoms with Crippen molar-refractivity contribution in [3.8, 4) is 16.9 Å². The summed E-state index contributed by atoms with van der Waals surface area (Å²) < 4.78 is 8.63. The van der Waals surface area contributed by atoms with E-state index in [9.17, 15) is 0 Å². The van der Waals surface area contributed by atoms with Crippen LogP contribution in [0.1, 0.15) is 55.3 Å². The molecule has 1 saturated heterocycles. The van der Waals surface area contributed by atoms with Crippen molar-refractivity contribution in [2.45, 2.75) is 50.8 Å². The molecule has 3 N–H and O–H groups in total. The van der Waals surface area contributed by atoms with Gasteiger partial charge in [0.1, 0.15) is 30.1 Å². The summed E-state index contributed by atoms with van der Waals surface area (Å²) in [7, 11) is 0. The third kappa shape index (κ3) is 5.85. The zero-order valence-electron chi connectivity index (χ0n) is 24.5. The smallest absolute Gasteiger partial charge is 0.146 e. The highest BCUT2D eigenvalue weighted by atomic mass is 16.5. The van der Waals surface area contributed by atoms with Gasteiger partial charge in [-0.1, -0.05) is 55.0 Å². The zero-order chi connectivity index (χ0) is 29.0. The van der Waals surface area contributed by atoms with E-state index in [2.05, 4.69) is 61.3 Å². The minimum Gasteiger partial charge on any atom is -0.488 e. The Morgan fingerprint density at radius 1 is 0.907 bits per heavy atom. The van der Waals surface area contributed by atoms with Gasteiger partial charge < -0.3 is 20.4 Å². The number of hydrogen-bond donors (Lipinski definition) is 2. The molecule has 7 rings (SSSR count). The van der Waals surface area contributed by atoms with Gasteiger partial charge in [0.15, 0.2) is 0 Å². The third-order valence-electron chi connectivity index (χ3n) is 9.11. The Morgan fingerprint density at radius 3 is 2.58 bits per heavy atom. The van der Waals surface area contributed by atoms with E-state index in [0.717, 1.165) is 66.1 Å². The Balaban J connectivity index is 1.03. The van der Waals surface area contributed by atoms with Crippen molar-refractivity contribution in [2.75, 3.05) is 25.5 Å². The van der Waals surface area contributed by atoms with Crippen LogP contribution >= 0.6 is 0 Å². The molecule has 2 fully saturated rings. The molecule has 43 heavy (non-hydrogen) atoms. The molecule has 5 aromatic rings. The molecule has 0 bridgehead atoms. The van der Waals surface area contributed by atoms with E-state index in [4.69, 9.17) is 15.5 Å². The molecule has 8 heteroatoms. The molecule has 2 aliphatic rings. The van der Waals surface area contributed by atoms with Crippen LogP contribution < -0.4 is 15.8 Å². The number of nitrogens with one attached hydrogen (secondary N) is 1. The monoisotopic (exact) mass is 573 g/mol. The molecule has 3 aromatic heterocycles. The number of rotatable bonds is 10. The molecular formula is C35H39N7O. The number of fused-ring (bicyclic) bond motifs is 1. The van der Waals surface area contributed by atoms with Crippen molar-refractivity contribution in [2.24, 2.45) is 5.92 Å². The van der Waals surface area contributed by atoms with E-state index < -0.39 is 0 Å². The van der Waals surface area contributed by atoms with Crippen LogP contribution in [0.5, 0.6) is 5.75 Å². The van der Waals surface area contributed by atoms with Crippen LogP contribution in [0.4, 0.5) is 5.82 Å². The van der Waals surface area contributed by atoms with Crippen molar-refractivity contribution in [3.05, 3.63) is 103 Å². The molecule has 1 saturated carbocycles. The zero-order valence-corrected chi connectivity index (χ0v) is 24.5. The molecule has 0 radical (unpaired) electrons. The molecule has 1 aliphatic heterocycles. The lowest BCUT2D eigenvalue weighted by molar-refractivity contribution is 0.123. The maximum atomic E-state index is 6.48. The van der Waals surface area contributed by atoms with E-state index in [-0.39, 0.29) is 0 Å². The van der Waals surface area contributed by atoms with Crippen LogP contribution in [-0.4, -0.2) is 44.2 Å². The van der Waals surface area contributed by atoms with E-state index in [1.165, 1.54) is 24.8 Å². The Labute approximate surface area is 252 Å². The molecule has 1 unspecified atom stereocenters. The summed E-state index contributed by atoms with van der Waals surface area (Å²) in [4.78, 5) is 15.9. The van der Waals surface area contributed by atoms with E-state index >= 15 is 0 Å². The SMILES string of the molecule is Nc1ncnc2c1c(-c1ccccc1OCc1ccccc1)cn2C1CC(CNCN2CCCCC2c2ccncc2)C1.